The SMILES string of the molecule is O=C(Nc1cccc(F)c1)c1cc(I)ccc1Br. The molecule has 0 fully saturated rings. The summed E-state index contributed by atoms with van der Waals surface area (Å²) in [5.41, 5.74) is 0.955. The first-order valence-corrected chi connectivity index (χ1v) is 6.95. The highest BCUT2D eigenvalue weighted by atomic mass is 127. The molecule has 92 valence electrons. The Morgan fingerprint density at radius 3 is 2.72 bits per heavy atom. The van der Waals surface area contributed by atoms with Crippen molar-refractivity contribution in [3.63, 3.8) is 0 Å². The van der Waals surface area contributed by atoms with Crippen LogP contribution in [-0.4, -0.2) is 5.91 Å². The fourth-order valence-corrected chi connectivity index (χ4v) is 2.35. The van der Waals surface area contributed by atoms with Crippen LogP contribution in [0.4, 0.5) is 10.1 Å². The van der Waals surface area contributed by atoms with Crippen molar-refractivity contribution in [3.05, 3.63) is 61.9 Å². The predicted octanol–water partition coefficient (Wildman–Crippen LogP) is 4.45. The number of hydrogen-bond donors (Lipinski definition) is 1. The number of carbonyl (C=O) groups is 1. The maximum absolute atomic E-state index is 13.0. The van der Waals surface area contributed by atoms with Crippen LogP contribution in [0.25, 0.3) is 0 Å². The van der Waals surface area contributed by atoms with E-state index < -0.39 is 0 Å². The van der Waals surface area contributed by atoms with E-state index in [1.807, 2.05) is 12.1 Å². The van der Waals surface area contributed by atoms with Crippen molar-refractivity contribution in [1.29, 1.82) is 0 Å². The zero-order valence-corrected chi connectivity index (χ0v) is 12.8. The smallest absolute Gasteiger partial charge is 0.256 e. The highest BCUT2D eigenvalue weighted by Gasteiger charge is 2.11. The van der Waals surface area contributed by atoms with E-state index in [9.17, 15) is 9.18 Å². The molecule has 0 saturated heterocycles. The van der Waals surface area contributed by atoms with Crippen LogP contribution >= 0.6 is 38.5 Å². The number of benzene rings is 2. The zero-order valence-electron chi connectivity index (χ0n) is 9.08. The van der Waals surface area contributed by atoms with Gasteiger partial charge in [0, 0.05) is 13.7 Å². The lowest BCUT2D eigenvalue weighted by molar-refractivity contribution is 0.102. The molecule has 0 atom stereocenters. The van der Waals surface area contributed by atoms with Crippen LogP contribution in [0.3, 0.4) is 0 Å². The molecular weight excluding hydrogens is 412 g/mol. The number of rotatable bonds is 2. The minimum atomic E-state index is -0.380. The summed E-state index contributed by atoms with van der Waals surface area (Å²) in [5, 5.41) is 2.65. The number of hydrogen-bond acceptors (Lipinski definition) is 1. The average molecular weight is 420 g/mol. The van der Waals surface area contributed by atoms with E-state index in [2.05, 4.69) is 43.8 Å². The Bertz CT molecular complexity index is 603. The van der Waals surface area contributed by atoms with Gasteiger partial charge >= 0.3 is 0 Å². The van der Waals surface area contributed by atoms with Crippen LogP contribution < -0.4 is 5.32 Å². The molecule has 0 radical (unpaired) electrons. The van der Waals surface area contributed by atoms with E-state index in [1.54, 1.807) is 18.2 Å². The predicted molar refractivity (Wildman–Crippen MR) is 81.2 cm³/mol. The fraction of sp³-hybridized carbons (Fsp3) is 0. The van der Waals surface area contributed by atoms with Gasteiger partial charge in [0.2, 0.25) is 0 Å². The molecule has 2 aromatic carbocycles. The van der Waals surface area contributed by atoms with Gasteiger partial charge in [-0.3, -0.25) is 4.79 Å². The first kappa shape index (κ1) is 13.5. The van der Waals surface area contributed by atoms with Crippen molar-refractivity contribution in [1.82, 2.24) is 0 Å². The molecule has 1 N–H and O–H groups in total. The van der Waals surface area contributed by atoms with E-state index in [1.165, 1.54) is 12.1 Å². The molecule has 5 heteroatoms. The van der Waals surface area contributed by atoms with Gasteiger partial charge in [-0.15, -0.1) is 0 Å². The van der Waals surface area contributed by atoms with Crippen LogP contribution in [-0.2, 0) is 0 Å². The Kier molecular flexibility index (Phi) is 4.34. The second kappa shape index (κ2) is 5.79. The lowest BCUT2D eigenvalue weighted by Crippen LogP contribution is -2.12. The van der Waals surface area contributed by atoms with Crippen molar-refractivity contribution in [2.24, 2.45) is 0 Å². The van der Waals surface area contributed by atoms with Gasteiger partial charge in [0.1, 0.15) is 5.82 Å². The van der Waals surface area contributed by atoms with Gasteiger partial charge in [-0.1, -0.05) is 6.07 Å². The maximum Gasteiger partial charge on any atom is 0.256 e. The molecule has 0 heterocycles. The summed E-state index contributed by atoms with van der Waals surface area (Å²) < 4.78 is 14.7. The summed E-state index contributed by atoms with van der Waals surface area (Å²) in [6, 6.07) is 11.3. The lowest BCUT2D eigenvalue weighted by atomic mass is 10.2. The Balaban J connectivity index is 2.24. The van der Waals surface area contributed by atoms with Gasteiger partial charge in [-0.2, -0.15) is 0 Å². The third-order valence-electron chi connectivity index (χ3n) is 2.26. The van der Waals surface area contributed by atoms with Crippen molar-refractivity contribution in [3.8, 4) is 0 Å². The maximum atomic E-state index is 13.0. The van der Waals surface area contributed by atoms with Gasteiger partial charge in [0.05, 0.1) is 5.56 Å². The van der Waals surface area contributed by atoms with Gasteiger partial charge in [0.15, 0.2) is 0 Å². The summed E-state index contributed by atoms with van der Waals surface area (Å²) in [4.78, 5) is 12.0. The van der Waals surface area contributed by atoms with E-state index in [-0.39, 0.29) is 11.7 Å². The summed E-state index contributed by atoms with van der Waals surface area (Å²) in [7, 11) is 0. The van der Waals surface area contributed by atoms with Gasteiger partial charge in [-0.25, -0.2) is 4.39 Å². The Morgan fingerprint density at radius 2 is 2.00 bits per heavy atom. The number of anilines is 1. The molecule has 2 rings (SSSR count). The van der Waals surface area contributed by atoms with Crippen LogP contribution in [0.5, 0.6) is 0 Å². The second-order valence-corrected chi connectivity index (χ2v) is 5.69. The topological polar surface area (TPSA) is 29.1 Å². The van der Waals surface area contributed by atoms with Crippen LogP contribution in [0.1, 0.15) is 10.4 Å². The number of amides is 1. The monoisotopic (exact) mass is 419 g/mol. The molecule has 0 saturated carbocycles. The Morgan fingerprint density at radius 1 is 1.22 bits per heavy atom. The molecule has 1 amide bonds. The lowest BCUT2D eigenvalue weighted by Gasteiger charge is -2.07. The number of nitrogens with one attached hydrogen (secondary N) is 1. The fourth-order valence-electron chi connectivity index (χ4n) is 1.44. The van der Waals surface area contributed by atoms with Crippen LogP contribution in [0.2, 0.25) is 0 Å². The largest absolute Gasteiger partial charge is 0.322 e. The van der Waals surface area contributed by atoms with Crippen molar-refractivity contribution in [2.45, 2.75) is 0 Å². The minimum absolute atomic E-state index is 0.272. The highest BCUT2D eigenvalue weighted by Crippen LogP contribution is 2.21. The summed E-state index contributed by atoms with van der Waals surface area (Å²) in [5.74, 6) is -0.652. The highest BCUT2D eigenvalue weighted by molar-refractivity contribution is 14.1. The van der Waals surface area contributed by atoms with E-state index >= 15 is 0 Å². The third-order valence-corrected chi connectivity index (χ3v) is 3.62. The van der Waals surface area contributed by atoms with Crippen LogP contribution in [0, 0.1) is 9.39 Å². The van der Waals surface area contributed by atoms with Crippen molar-refractivity contribution >= 4 is 50.1 Å². The van der Waals surface area contributed by atoms with Gasteiger partial charge in [-0.05, 0) is 74.9 Å². The number of halogens is 3. The molecule has 0 aliphatic rings. The molecule has 18 heavy (non-hydrogen) atoms. The first-order valence-electron chi connectivity index (χ1n) is 5.08. The molecule has 0 aromatic heterocycles. The minimum Gasteiger partial charge on any atom is -0.322 e. The quantitative estimate of drug-likeness (QED) is 0.716. The van der Waals surface area contributed by atoms with Crippen LogP contribution in [0.15, 0.2) is 46.9 Å². The Labute approximate surface area is 126 Å². The molecule has 2 nitrogen and oxygen atoms in total. The van der Waals surface area contributed by atoms with E-state index in [4.69, 9.17) is 0 Å². The molecule has 0 aliphatic carbocycles. The molecule has 0 unspecified atom stereocenters. The van der Waals surface area contributed by atoms with E-state index in [0.29, 0.717) is 15.7 Å². The molecule has 2 aromatic rings. The average Bonchev–Trinajstić information content (AvgIpc) is 2.32. The second-order valence-electron chi connectivity index (χ2n) is 3.59. The van der Waals surface area contributed by atoms with Crippen molar-refractivity contribution in [2.75, 3.05) is 5.32 Å². The van der Waals surface area contributed by atoms with Crippen molar-refractivity contribution < 1.29 is 9.18 Å². The molecule has 0 spiro atoms. The summed E-state index contributed by atoms with van der Waals surface area (Å²) >= 11 is 5.45. The Hall–Kier alpha value is -0.950. The van der Waals surface area contributed by atoms with E-state index in [0.717, 1.165) is 3.57 Å². The zero-order chi connectivity index (χ0) is 13.1. The van der Waals surface area contributed by atoms with Gasteiger partial charge in [0.25, 0.3) is 5.91 Å². The normalized spacial score (nSPS) is 10.2. The van der Waals surface area contributed by atoms with Gasteiger partial charge < -0.3 is 5.32 Å². The third kappa shape index (κ3) is 3.29. The number of carbonyl (C=O) groups excluding carboxylic acids is 1. The summed E-state index contributed by atoms with van der Waals surface area (Å²) in [6.07, 6.45) is 0. The first-order chi connectivity index (χ1) is 8.56. The summed E-state index contributed by atoms with van der Waals surface area (Å²) in [6.45, 7) is 0. The standard InChI is InChI=1S/C13H8BrFINO/c14-12-5-4-9(16)7-11(12)13(18)17-10-3-1-2-8(15)6-10/h1-7H,(H,17,18). The molecule has 0 aliphatic heterocycles. The molecule has 0 bridgehead atoms. The molecular formula is C13H8BrFINO.